The van der Waals surface area contributed by atoms with E-state index >= 15 is 0 Å². The van der Waals surface area contributed by atoms with Gasteiger partial charge in [-0.1, -0.05) is 36.4 Å². The van der Waals surface area contributed by atoms with Gasteiger partial charge in [-0.3, -0.25) is 0 Å². The molecule has 0 bridgehead atoms. The summed E-state index contributed by atoms with van der Waals surface area (Å²) in [5.41, 5.74) is 3.25. The fourth-order valence-electron chi connectivity index (χ4n) is 1.96. The first-order chi connectivity index (χ1) is 8.61. The molecule has 92 valence electrons. The summed E-state index contributed by atoms with van der Waals surface area (Å²) in [4.78, 5) is 12.9. The molecular formula is C15H15NO2. The van der Waals surface area contributed by atoms with Crippen molar-refractivity contribution in [2.45, 2.75) is 13.8 Å². The minimum atomic E-state index is -0.974. The van der Waals surface area contributed by atoms with E-state index in [9.17, 15) is 9.90 Å². The van der Waals surface area contributed by atoms with E-state index < -0.39 is 6.09 Å². The minimum Gasteiger partial charge on any atom is -0.464 e. The third-order valence-electron chi connectivity index (χ3n) is 2.90. The second kappa shape index (κ2) is 4.92. The molecule has 0 heterocycles. The summed E-state index contributed by atoms with van der Waals surface area (Å²) in [5, 5.41) is 9.45. The highest BCUT2D eigenvalue weighted by molar-refractivity contribution is 5.96. The molecule has 0 atom stereocenters. The van der Waals surface area contributed by atoms with E-state index in [-0.39, 0.29) is 0 Å². The van der Waals surface area contributed by atoms with E-state index in [1.54, 1.807) is 0 Å². The molecule has 1 amide bonds. The Kier molecular flexibility index (Phi) is 3.33. The number of aryl methyl sites for hydroxylation is 2. The molecule has 18 heavy (non-hydrogen) atoms. The molecule has 2 rings (SSSR count). The van der Waals surface area contributed by atoms with Gasteiger partial charge in [-0.15, -0.1) is 0 Å². The number of carbonyl (C=O) groups is 1. The SMILES string of the molecule is Cc1ccccc1N(C(=O)O)c1ccccc1C. The first kappa shape index (κ1) is 12.2. The first-order valence-corrected chi connectivity index (χ1v) is 5.75. The largest absolute Gasteiger partial charge is 0.464 e. The number of amides is 1. The fraction of sp³-hybridized carbons (Fsp3) is 0.133. The molecule has 0 saturated heterocycles. The van der Waals surface area contributed by atoms with Crippen molar-refractivity contribution in [2.75, 3.05) is 4.90 Å². The van der Waals surface area contributed by atoms with Crippen LogP contribution in [0.5, 0.6) is 0 Å². The maximum Gasteiger partial charge on any atom is 0.416 e. The van der Waals surface area contributed by atoms with Crippen molar-refractivity contribution in [1.82, 2.24) is 0 Å². The number of carboxylic acid groups (broad SMARTS) is 1. The number of hydrogen-bond acceptors (Lipinski definition) is 1. The lowest BCUT2D eigenvalue weighted by atomic mass is 10.1. The highest BCUT2D eigenvalue weighted by atomic mass is 16.4. The summed E-state index contributed by atoms with van der Waals surface area (Å²) in [6.07, 6.45) is -0.974. The normalized spacial score (nSPS) is 10.1. The highest BCUT2D eigenvalue weighted by Gasteiger charge is 2.19. The van der Waals surface area contributed by atoms with Crippen LogP contribution in [0.2, 0.25) is 0 Å². The van der Waals surface area contributed by atoms with E-state index in [2.05, 4.69) is 0 Å². The molecule has 3 heteroatoms. The lowest BCUT2D eigenvalue weighted by Gasteiger charge is -2.22. The Bertz CT molecular complexity index is 533. The third kappa shape index (κ3) is 2.20. The number of hydrogen-bond donors (Lipinski definition) is 1. The van der Waals surface area contributed by atoms with Crippen LogP contribution in [0.1, 0.15) is 11.1 Å². The second-order valence-electron chi connectivity index (χ2n) is 4.19. The van der Waals surface area contributed by atoms with E-state index in [1.165, 1.54) is 4.90 Å². The summed E-state index contributed by atoms with van der Waals surface area (Å²) in [6, 6.07) is 14.9. The van der Waals surface area contributed by atoms with Crippen molar-refractivity contribution in [3.05, 3.63) is 59.7 Å². The Hall–Kier alpha value is -2.29. The zero-order chi connectivity index (χ0) is 13.1. The smallest absolute Gasteiger partial charge is 0.416 e. The van der Waals surface area contributed by atoms with Crippen molar-refractivity contribution in [1.29, 1.82) is 0 Å². The molecule has 1 N–H and O–H groups in total. The van der Waals surface area contributed by atoms with Crippen LogP contribution in [0, 0.1) is 13.8 Å². The number of benzene rings is 2. The predicted octanol–water partition coefficient (Wildman–Crippen LogP) is 4.12. The molecule has 0 aliphatic heterocycles. The Labute approximate surface area is 106 Å². The average Bonchev–Trinajstić information content (AvgIpc) is 2.34. The minimum absolute atomic E-state index is 0.694. The first-order valence-electron chi connectivity index (χ1n) is 5.75. The van der Waals surface area contributed by atoms with Crippen LogP contribution >= 0.6 is 0 Å². The molecule has 3 nitrogen and oxygen atoms in total. The average molecular weight is 241 g/mol. The quantitative estimate of drug-likeness (QED) is 0.859. The van der Waals surface area contributed by atoms with Gasteiger partial charge in [-0.2, -0.15) is 0 Å². The topological polar surface area (TPSA) is 40.5 Å². The van der Waals surface area contributed by atoms with Crippen LogP contribution in [-0.2, 0) is 0 Å². The van der Waals surface area contributed by atoms with Crippen LogP contribution < -0.4 is 4.90 Å². The van der Waals surface area contributed by atoms with Crippen molar-refractivity contribution in [2.24, 2.45) is 0 Å². The molecule has 0 radical (unpaired) electrons. The Morgan fingerprint density at radius 2 is 1.28 bits per heavy atom. The van der Waals surface area contributed by atoms with E-state index in [0.717, 1.165) is 11.1 Å². The van der Waals surface area contributed by atoms with Gasteiger partial charge in [0.2, 0.25) is 0 Å². The third-order valence-corrected chi connectivity index (χ3v) is 2.90. The molecule has 0 aliphatic rings. The fourth-order valence-corrected chi connectivity index (χ4v) is 1.96. The summed E-state index contributed by atoms with van der Waals surface area (Å²) >= 11 is 0. The maximum absolute atomic E-state index is 11.5. The second-order valence-corrected chi connectivity index (χ2v) is 4.19. The monoisotopic (exact) mass is 241 g/mol. The zero-order valence-corrected chi connectivity index (χ0v) is 10.4. The van der Waals surface area contributed by atoms with Crippen molar-refractivity contribution in [3.63, 3.8) is 0 Å². The standard InChI is InChI=1S/C15H15NO2/c1-11-7-3-5-9-13(11)16(15(17)18)14-10-6-4-8-12(14)2/h3-10H,1-2H3,(H,17,18). The van der Waals surface area contributed by atoms with E-state index in [1.807, 2.05) is 62.4 Å². The van der Waals surface area contributed by atoms with Gasteiger partial charge in [0, 0.05) is 0 Å². The molecule has 0 fully saturated rings. The number of anilines is 2. The van der Waals surface area contributed by atoms with Gasteiger partial charge >= 0.3 is 6.09 Å². The van der Waals surface area contributed by atoms with Crippen molar-refractivity contribution < 1.29 is 9.90 Å². The lowest BCUT2D eigenvalue weighted by Crippen LogP contribution is -2.25. The van der Waals surface area contributed by atoms with Gasteiger partial charge < -0.3 is 5.11 Å². The van der Waals surface area contributed by atoms with E-state index in [4.69, 9.17) is 0 Å². The van der Waals surface area contributed by atoms with Crippen LogP contribution in [0.4, 0.5) is 16.2 Å². The van der Waals surface area contributed by atoms with Gasteiger partial charge in [-0.05, 0) is 37.1 Å². The van der Waals surface area contributed by atoms with Gasteiger partial charge in [0.1, 0.15) is 0 Å². The van der Waals surface area contributed by atoms with Gasteiger partial charge in [0.15, 0.2) is 0 Å². The Morgan fingerprint density at radius 3 is 1.61 bits per heavy atom. The van der Waals surface area contributed by atoms with Gasteiger partial charge in [0.25, 0.3) is 0 Å². The van der Waals surface area contributed by atoms with Crippen LogP contribution in [0.25, 0.3) is 0 Å². The van der Waals surface area contributed by atoms with Gasteiger partial charge in [0.05, 0.1) is 11.4 Å². The summed E-state index contributed by atoms with van der Waals surface area (Å²) in [7, 11) is 0. The predicted molar refractivity (Wildman–Crippen MR) is 72.5 cm³/mol. The number of nitrogens with zero attached hydrogens (tertiary/aromatic N) is 1. The van der Waals surface area contributed by atoms with Crippen molar-refractivity contribution in [3.8, 4) is 0 Å². The number of rotatable bonds is 2. The summed E-state index contributed by atoms with van der Waals surface area (Å²) in [6.45, 7) is 3.81. The molecule has 0 unspecified atom stereocenters. The van der Waals surface area contributed by atoms with Crippen LogP contribution in [-0.4, -0.2) is 11.2 Å². The molecule has 0 spiro atoms. The van der Waals surface area contributed by atoms with Crippen molar-refractivity contribution >= 4 is 17.5 Å². The van der Waals surface area contributed by atoms with Gasteiger partial charge in [-0.25, -0.2) is 9.69 Å². The van der Waals surface area contributed by atoms with Crippen LogP contribution in [0.15, 0.2) is 48.5 Å². The zero-order valence-electron chi connectivity index (χ0n) is 10.4. The maximum atomic E-state index is 11.5. The summed E-state index contributed by atoms with van der Waals surface area (Å²) in [5.74, 6) is 0. The molecule has 2 aromatic carbocycles. The number of para-hydroxylation sites is 2. The molecule has 0 aromatic heterocycles. The molecule has 0 saturated carbocycles. The summed E-state index contributed by atoms with van der Waals surface area (Å²) < 4.78 is 0. The Balaban J connectivity index is 2.58. The molecule has 0 aliphatic carbocycles. The van der Waals surface area contributed by atoms with Crippen LogP contribution in [0.3, 0.4) is 0 Å². The highest BCUT2D eigenvalue weighted by Crippen LogP contribution is 2.30. The molecule has 2 aromatic rings. The Morgan fingerprint density at radius 1 is 0.889 bits per heavy atom. The lowest BCUT2D eigenvalue weighted by molar-refractivity contribution is 0.204. The molecular weight excluding hydrogens is 226 g/mol. The van der Waals surface area contributed by atoms with E-state index in [0.29, 0.717) is 11.4 Å².